The lowest BCUT2D eigenvalue weighted by Crippen LogP contribution is -2.55. The molecule has 5 amide bonds. The Bertz CT molecular complexity index is 1820. The van der Waals surface area contributed by atoms with E-state index in [2.05, 4.69) is 31.6 Å². The molecule has 0 spiro atoms. The van der Waals surface area contributed by atoms with Crippen LogP contribution in [0.3, 0.4) is 0 Å². The monoisotopic (exact) mass is 744 g/mol. The van der Waals surface area contributed by atoms with Crippen LogP contribution in [0.4, 0.5) is 13.2 Å². The van der Waals surface area contributed by atoms with Crippen molar-refractivity contribution in [2.24, 2.45) is 16.5 Å². The summed E-state index contributed by atoms with van der Waals surface area (Å²) in [4.78, 5) is 78.7. The van der Waals surface area contributed by atoms with E-state index in [1.165, 1.54) is 12.1 Å². The number of guanidine groups is 1. The first-order valence-corrected chi connectivity index (χ1v) is 16.1. The second kappa shape index (κ2) is 19.3. The van der Waals surface area contributed by atoms with Gasteiger partial charge in [0.25, 0.3) is 0 Å². The molecule has 0 aromatic heterocycles. The average Bonchev–Trinajstić information content (AvgIpc) is 3.10. The standard InChI is InChI=1S/C32H38N8O6.C2HF3O2/c33-32(34)35-13-3-6-24-31(46)40-26(16-20-7-10-21-4-1-2-5-22(21)14-20)30(45)37-18-28(43)39-25(29(44)36-17-27(42)38-24)15-19-8-11-23(41)12-9-19;3-2(4,5)1(6)7/h1-2,4-5,7-12,14,24-26,41H,3,6,13,15-18H2,(H,36,44)(H,37,45)(H,38,42)(H,39,43)(H,40,46)(H4,33,34,35);(H,6,7)/t24-,25+,26-;/m0./s1. The number of aliphatic carboxylic acids is 1. The number of carboxylic acid groups (broad SMARTS) is 1. The molecule has 1 heterocycles. The van der Waals surface area contributed by atoms with Crippen LogP contribution in [0.2, 0.25) is 0 Å². The Hall–Kier alpha value is -6.40. The van der Waals surface area contributed by atoms with Crippen molar-refractivity contribution >= 4 is 52.2 Å². The predicted octanol–water partition coefficient (Wildman–Crippen LogP) is -0.282. The Morgan fingerprint density at radius 3 is 1.81 bits per heavy atom. The maximum Gasteiger partial charge on any atom is 0.490 e. The molecule has 0 bridgehead atoms. The van der Waals surface area contributed by atoms with E-state index in [9.17, 15) is 42.3 Å². The number of nitrogens with one attached hydrogen (secondary N) is 5. The summed E-state index contributed by atoms with van der Waals surface area (Å²) in [6, 6.07) is 16.2. The number of carbonyl (C=O) groups is 6. The zero-order valence-electron chi connectivity index (χ0n) is 28.1. The Morgan fingerprint density at radius 2 is 1.25 bits per heavy atom. The number of benzene rings is 3. The minimum atomic E-state index is -5.08. The number of nitrogens with zero attached hydrogens (tertiary/aromatic N) is 1. The number of aliphatic imine (C=N–C) groups is 1. The minimum Gasteiger partial charge on any atom is -0.508 e. The number of phenols is 1. The number of alkyl halides is 3. The number of fused-ring (bicyclic) bond motifs is 1. The highest BCUT2D eigenvalue weighted by molar-refractivity contribution is 5.96. The van der Waals surface area contributed by atoms with Gasteiger partial charge in [0.05, 0.1) is 13.1 Å². The Morgan fingerprint density at radius 1 is 0.736 bits per heavy atom. The molecule has 1 aliphatic heterocycles. The highest BCUT2D eigenvalue weighted by Gasteiger charge is 2.38. The van der Waals surface area contributed by atoms with Crippen LogP contribution in [0.15, 0.2) is 71.7 Å². The fraction of sp³-hybridized carbons (Fsp3) is 0.324. The zero-order chi connectivity index (χ0) is 39.1. The van der Waals surface area contributed by atoms with Gasteiger partial charge >= 0.3 is 12.1 Å². The van der Waals surface area contributed by atoms with Crippen LogP contribution >= 0.6 is 0 Å². The number of amides is 5. The zero-order valence-corrected chi connectivity index (χ0v) is 28.1. The molecular weight excluding hydrogens is 705 g/mol. The molecule has 284 valence electrons. The summed E-state index contributed by atoms with van der Waals surface area (Å²) in [5.41, 5.74) is 12.2. The van der Waals surface area contributed by atoms with Crippen molar-refractivity contribution in [2.75, 3.05) is 19.6 Å². The third-order valence-electron chi connectivity index (χ3n) is 7.60. The summed E-state index contributed by atoms with van der Waals surface area (Å²) >= 11 is 0. The number of halogens is 3. The molecule has 53 heavy (non-hydrogen) atoms. The van der Waals surface area contributed by atoms with Crippen LogP contribution in [-0.2, 0) is 41.6 Å². The molecule has 3 aromatic carbocycles. The van der Waals surface area contributed by atoms with Gasteiger partial charge in [-0.1, -0.05) is 54.6 Å². The van der Waals surface area contributed by atoms with E-state index in [-0.39, 0.29) is 37.5 Å². The minimum absolute atomic E-state index is 0.0351. The van der Waals surface area contributed by atoms with Crippen LogP contribution in [0.25, 0.3) is 10.8 Å². The number of aromatic hydroxyl groups is 1. The smallest absolute Gasteiger partial charge is 0.490 e. The van der Waals surface area contributed by atoms with Gasteiger partial charge in [-0.2, -0.15) is 13.2 Å². The predicted molar refractivity (Wildman–Crippen MR) is 185 cm³/mol. The number of rotatable bonds is 8. The maximum atomic E-state index is 13.5. The van der Waals surface area contributed by atoms with Crippen molar-refractivity contribution in [3.63, 3.8) is 0 Å². The summed E-state index contributed by atoms with van der Waals surface area (Å²) in [6.45, 7) is -0.746. The van der Waals surface area contributed by atoms with Gasteiger partial charge in [-0.25, -0.2) is 4.79 Å². The van der Waals surface area contributed by atoms with E-state index in [0.717, 1.165) is 16.3 Å². The van der Waals surface area contributed by atoms with E-state index >= 15 is 0 Å². The van der Waals surface area contributed by atoms with Crippen molar-refractivity contribution in [3.8, 4) is 5.75 Å². The summed E-state index contributed by atoms with van der Waals surface area (Å²) in [5, 5.41) is 31.7. The first-order chi connectivity index (χ1) is 25.0. The van der Waals surface area contributed by atoms with E-state index in [0.29, 0.717) is 12.0 Å². The lowest BCUT2D eigenvalue weighted by molar-refractivity contribution is -0.192. The molecule has 0 saturated carbocycles. The van der Waals surface area contributed by atoms with Gasteiger partial charge in [-0.15, -0.1) is 0 Å². The van der Waals surface area contributed by atoms with Crippen molar-refractivity contribution in [1.29, 1.82) is 0 Å². The van der Waals surface area contributed by atoms with Gasteiger partial charge in [0.1, 0.15) is 23.9 Å². The number of phenolic OH excluding ortho intramolecular Hbond substituents is 1. The Labute approximate surface area is 300 Å². The van der Waals surface area contributed by atoms with Gasteiger partial charge in [-0.05, 0) is 46.9 Å². The molecule has 4 rings (SSSR count). The molecule has 1 aliphatic rings. The molecule has 1 fully saturated rings. The van der Waals surface area contributed by atoms with Gasteiger partial charge in [-0.3, -0.25) is 29.0 Å². The number of nitrogens with two attached hydrogens (primary N) is 2. The topological polar surface area (TPSA) is 267 Å². The van der Waals surface area contributed by atoms with Crippen molar-refractivity contribution < 1.29 is 52.2 Å². The van der Waals surface area contributed by atoms with E-state index < -0.39 is 72.9 Å². The van der Waals surface area contributed by atoms with Crippen LogP contribution in [0, 0.1) is 0 Å². The first-order valence-electron chi connectivity index (χ1n) is 16.1. The number of hydrogen-bond donors (Lipinski definition) is 9. The van der Waals surface area contributed by atoms with Crippen molar-refractivity contribution in [3.05, 3.63) is 77.9 Å². The highest BCUT2D eigenvalue weighted by atomic mass is 19.4. The second-order valence-corrected chi connectivity index (χ2v) is 11.7. The summed E-state index contributed by atoms with van der Waals surface area (Å²) in [7, 11) is 0. The quantitative estimate of drug-likeness (QED) is 0.0827. The third-order valence-corrected chi connectivity index (χ3v) is 7.60. The molecule has 11 N–H and O–H groups in total. The number of hydrogen-bond acceptors (Lipinski definition) is 8. The fourth-order valence-electron chi connectivity index (χ4n) is 5.00. The maximum absolute atomic E-state index is 13.5. The van der Waals surface area contributed by atoms with Crippen LogP contribution in [-0.4, -0.2) is 95.6 Å². The van der Waals surface area contributed by atoms with E-state index in [4.69, 9.17) is 21.4 Å². The summed E-state index contributed by atoms with van der Waals surface area (Å²) < 4.78 is 31.7. The van der Waals surface area contributed by atoms with E-state index in [1.807, 2.05) is 42.5 Å². The SMILES string of the molecule is NC(N)=NCCC[C@@H]1NC(=O)CNC(=O)[C@@H](Cc2ccc(O)cc2)NC(=O)CNC(=O)[C@H](Cc2ccc3ccccc3c2)NC1=O.O=C(O)C(F)(F)F. The van der Waals surface area contributed by atoms with Crippen molar-refractivity contribution in [1.82, 2.24) is 26.6 Å². The number of carbonyl (C=O) groups excluding carboxylic acids is 5. The Kier molecular flexibility index (Phi) is 14.9. The molecule has 3 atom stereocenters. The lowest BCUT2D eigenvalue weighted by atomic mass is 10.0. The van der Waals surface area contributed by atoms with Gasteiger partial charge in [0, 0.05) is 19.4 Å². The Balaban J connectivity index is 0.000000980. The largest absolute Gasteiger partial charge is 0.508 e. The second-order valence-electron chi connectivity index (χ2n) is 11.7. The van der Waals surface area contributed by atoms with Crippen molar-refractivity contribution in [2.45, 2.75) is 50.0 Å². The molecule has 0 unspecified atom stereocenters. The normalized spacial score (nSPS) is 18.7. The first kappa shape index (κ1) is 41.0. The highest BCUT2D eigenvalue weighted by Crippen LogP contribution is 2.17. The van der Waals surface area contributed by atoms with Gasteiger partial charge in [0.15, 0.2) is 5.96 Å². The third kappa shape index (κ3) is 14.0. The van der Waals surface area contributed by atoms with E-state index in [1.54, 1.807) is 12.1 Å². The molecular formula is C34H39F3N8O8. The average molecular weight is 745 g/mol. The van der Waals surface area contributed by atoms with Gasteiger partial charge in [0.2, 0.25) is 29.5 Å². The van der Waals surface area contributed by atoms with Crippen LogP contribution < -0.4 is 38.1 Å². The molecule has 0 aliphatic carbocycles. The summed E-state index contributed by atoms with van der Waals surface area (Å²) in [6.07, 6.45) is -4.47. The lowest BCUT2D eigenvalue weighted by Gasteiger charge is -2.23. The summed E-state index contributed by atoms with van der Waals surface area (Å²) in [5.74, 6) is -6.06. The molecule has 1 saturated heterocycles. The molecule has 16 nitrogen and oxygen atoms in total. The fourth-order valence-corrected chi connectivity index (χ4v) is 5.00. The van der Waals surface area contributed by atoms with Crippen LogP contribution in [0.5, 0.6) is 5.75 Å². The van der Waals surface area contributed by atoms with Crippen LogP contribution in [0.1, 0.15) is 24.0 Å². The molecule has 3 aromatic rings. The van der Waals surface area contributed by atoms with Gasteiger partial charge < -0.3 is 48.3 Å². The molecule has 19 heteroatoms. The number of carboxylic acids is 1. The molecule has 0 radical (unpaired) electrons.